The summed E-state index contributed by atoms with van der Waals surface area (Å²) in [6.45, 7) is 2.53. The molecule has 2 N–H and O–H groups in total. The lowest BCUT2D eigenvalue weighted by Gasteiger charge is -2.13. The highest BCUT2D eigenvalue weighted by Crippen LogP contribution is 2.16. The Balaban J connectivity index is 1.87. The average molecular weight is 294 g/mol. The topological polar surface area (TPSA) is 62.5 Å². The summed E-state index contributed by atoms with van der Waals surface area (Å²) in [7, 11) is 0. The van der Waals surface area contributed by atoms with Crippen molar-refractivity contribution in [1.82, 2.24) is 5.32 Å². The molecule has 106 valence electrons. The van der Waals surface area contributed by atoms with Crippen LogP contribution in [0.4, 0.5) is 0 Å². The van der Waals surface area contributed by atoms with Crippen LogP contribution in [-0.2, 0) is 13.0 Å². The number of carboxylic acid groups (broad SMARTS) is 1. The zero-order chi connectivity index (χ0) is 14.5. The number of aromatic carboxylic acids is 1. The molecule has 0 radical (unpaired) electrons. The van der Waals surface area contributed by atoms with E-state index < -0.39 is 5.97 Å². The van der Waals surface area contributed by atoms with Crippen molar-refractivity contribution in [3.05, 3.63) is 58.5 Å². The molecule has 20 heavy (non-hydrogen) atoms. The van der Waals surface area contributed by atoms with Crippen LogP contribution in [0.25, 0.3) is 0 Å². The number of halogens is 1. The molecule has 0 aliphatic rings. The van der Waals surface area contributed by atoms with Crippen molar-refractivity contribution in [2.75, 3.05) is 0 Å². The number of rotatable bonds is 6. The standard InChI is InChI=1S/C15H16ClNO3/c1-10(6-11-4-2-3-5-14(11)16)17-8-13-7-12(9-20-13)15(18)19/h2-5,7,9-10,17H,6,8H2,1H3,(H,18,19). The monoisotopic (exact) mass is 293 g/mol. The van der Waals surface area contributed by atoms with Crippen LogP contribution in [0.1, 0.15) is 28.6 Å². The largest absolute Gasteiger partial charge is 0.478 e. The molecule has 0 spiro atoms. The minimum Gasteiger partial charge on any atom is -0.478 e. The van der Waals surface area contributed by atoms with E-state index >= 15 is 0 Å². The Bertz CT molecular complexity index is 594. The lowest BCUT2D eigenvalue weighted by atomic mass is 10.1. The maximum atomic E-state index is 10.7. The number of nitrogens with one attached hydrogen (secondary N) is 1. The van der Waals surface area contributed by atoms with E-state index in [-0.39, 0.29) is 11.6 Å². The fraction of sp³-hybridized carbons (Fsp3) is 0.267. The van der Waals surface area contributed by atoms with E-state index in [1.807, 2.05) is 31.2 Å². The van der Waals surface area contributed by atoms with Gasteiger partial charge in [-0.15, -0.1) is 0 Å². The van der Waals surface area contributed by atoms with Crippen LogP contribution in [0.3, 0.4) is 0 Å². The van der Waals surface area contributed by atoms with Crippen molar-refractivity contribution >= 4 is 17.6 Å². The molecule has 1 unspecified atom stereocenters. The summed E-state index contributed by atoms with van der Waals surface area (Å²) in [4.78, 5) is 10.7. The molecule has 1 heterocycles. The molecule has 0 saturated heterocycles. The van der Waals surface area contributed by atoms with Crippen molar-refractivity contribution in [3.8, 4) is 0 Å². The second kappa shape index (κ2) is 6.59. The summed E-state index contributed by atoms with van der Waals surface area (Å²) in [6.07, 6.45) is 2.05. The molecule has 0 fully saturated rings. The van der Waals surface area contributed by atoms with E-state index in [0.29, 0.717) is 12.3 Å². The number of hydrogen-bond donors (Lipinski definition) is 2. The Morgan fingerprint density at radius 2 is 2.20 bits per heavy atom. The normalized spacial score (nSPS) is 12.3. The molecule has 0 aliphatic heterocycles. The minimum atomic E-state index is -0.982. The third kappa shape index (κ3) is 3.85. The SMILES string of the molecule is CC(Cc1ccccc1Cl)NCc1cc(C(=O)O)co1. The first-order valence-electron chi connectivity index (χ1n) is 6.33. The molecule has 0 saturated carbocycles. The number of carboxylic acids is 1. The van der Waals surface area contributed by atoms with Crippen LogP contribution in [-0.4, -0.2) is 17.1 Å². The average Bonchev–Trinajstić information content (AvgIpc) is 2.88. The predicted molar refractivity (Wildman–Crippen MR) is 77.1 cm³/mol. The van der Waals surface area contributed by atoms with Crippen LogP contribution >= 0.6 is 11.6 Å². The van der Waals surface area contributed by atoms with Crippen LogP contribution in [0.2, 0.25) is 5.02 Å². The van der Waals surface area contributed by atoms with Gasteiger partial charge in [0.2, 0.25) is 0 Å². The summed E-state index contributed by atoms with van der Waals surface area (Å²) >= 11 is 6.11. The molecule has 1 atom stereocenters. The zero-order valence-electron chi connectivity index (χ0n) is 11.1. The van der Waals surface area contributed by atoms with Crippen LogP contribution in [0.5, 0.6) is 0 Å². The number of hydrogen-bond acceptors (Lipinski definition) is 3. The first kappa shape index (κ1) is 14.6. The van der Waals surface area contributed by atoms with Gasteiger partial charge >= 0.3 is 5.97 Å². The first-order valence-corrected chi connectivity index (χ1v) is 6.71. The van der Waals surface area contributed by atoms with Crippen molar-refractivity contribution in [1.29, 1.82) is 0 Å². The van der Waals surface area contributed by atoms with Crippen molar-refractivity contribution < 1.29 is 14.3 Å². The predicted octanol–water partition coefficient (Wildman–Crippen LogP) is 3.35. The van der Waals surface area contributed by atoms with E-state index in [9.17, 15) is 4.79 Å². The minimum absolute atomic E-state index is 0.167. The summed E-state index contributed by atoms with van der Waals surface area (Å²) in [6, 6.07) is 9.45. The van der Waals surface area contributed by atoms with Gasteiger partial charge in [0.25, 0.3) is 0 Å². The molecule has 2 aromatic rings. The van der Waals surface area contributed by atoms with Crippen LogP contribution in [0, 0.1) is 0 Å². The van der Waals surface area contributed by atoms with Gasteiger partial charge < -0.3 is 14.8 Å². The maximum absolute atomic E-state index is 10.7. The molecule has 0 amide bonds. The molecule has 2 rings (SSSR count). The third-order valence-corrected chi connectivity index (χ3v) is 3.38. The van der Waals surface area contributed by atoms with Crippen LogP contribution < -0.4 is 5.32 Å². The smallest absolute Gasteiger partial charge is 0.338 e. The van der Waals surface area contributed by atoms with Gasteiger partial charge in [0, 0.05) is 11.1 Å². The fourth-order valence-electron chi connectivity index (χ4n) is 1.93. The van der Waals surface area contributed by atoms with Gasteiger partial charge in [-0.2, -0.15) is 0 Å². The van der Waals surface area contributed by atoms with Crippen LogP contribution in [0.15, 0.2) is 41.0 Å². The molecule has 0 aliphatic carbocycles. The third-order valence-electron chi connectivity index (χ3n) is 3.01. The molecule has 5 heteroatoms. The van der Waals surface area contributed by atoms with E-state index in [0.717, 1.165) is 17.0 Å². The maximum Gasteiger partial charge on any atom is 0.338 e. The van der Waals surface area contributed by atoms with E-state index in [4.69, 9.17) is 21.1 Å². The second-order valence-electron chi connectivity index (χ2n) is 4.68. The first-order chi connectivity index (χ1) is 9.56. The van der Waals surface area contributed by atoms with E-state index in [2.05, 4.69) is 5.32 Å². The molecule has 0 bridgehead atoms. The Morgan fingerprint density at radius 1 is 1.45 bits per heavy atom. The fourth-order valence-corrected chi connectivity index (χ4v) is 2.14. The summed E-state index contributed by atoms with van der Waals surface area (Å²) < 4.78 is 5.18. The van der Waals surface area contributed by atoms with Crippen molar-refractivity contribution in [3.63, 3.8) is 0 Å². The summed E-state index contributed by atoms with van der Waals surface area (Å²) in [5, 5.41) is 12.8. The number of benzene rings is 1. The Hall–Kier alpha value is -1.78. The number of carbonyl (C=O) groups is 1. The zero-order valence-corrected chi connectivity index (χ0v) is 11.9. The van der Waals surface area contributed by atoms with E-state index in [1.54, 1.807) is 0 Å². The Morgan fingerprint density at radius 3 is 2.85 bits per heavy atom. The Kier molecular flexibility index (Phi) is 4.82. The van der Waals surface area contributed by atoms with Crippen molar-refractivity contribution in [2.45, 2.75) is 25.9 Å². The molecular weight excluding hydrogens is 278 g/mol. The highest BCUT2D eigenvalue weighted by molar-refractivity contribution is 6.31. The molecule has 1 aromatic heterocycles. The molecular formula is C15H16ClNO3. The van der Waals surface area contributed by atoms with E-state index in [1.165, 1.54) is 12.3 Å². The summed E-state index contributed by atoms with van der Waals surface area (Å²) in [5.74, 6) is -0.377. The van der Waals surface area contributed by atoms with Gasteiger partial charge in [-0.25, -0.2) is 4.79 Å². The van der Waals surface area contributed by atoms with Gasteiger partial charge in [-0.3, -0.25) is 0 Å². The van der Waals surface area contributed by atoms with Gasteiger partial charge in [0.15, 0.2) is 0 Å². The lowest BCUT2D eigenvalue weighted by Crippen LogP contribution is -2.27. The molecule has 1 aromatic carbocycles. The second-order valence-corrected chi connectivity index (χ2v) is 5.09. The highest BCUT2D eigenvalue weighted by atomic mass is 35.5. The number of furan rings is 1. The Labute approximate surface area is 122 Å². The van der Waals surface area contributed by atoms with Gasteiger partial charge in [-0.1, -0.05) is 29.8 Å². The quantitative estimate of drug-likeness (QED) is 0.857. The molecule has 4 nitrogen and oxygen atoms in total. The van der Waals surface area contributed by atoms with Crippen molar-refractivity contribution in [2.24, 2.45) is 0 Å². The summed E-state index contributed by atoms with van der Waals surface area (Å²) in [5.41, 5.74) is 1.25. The van der Waals surface area contributed by atoms with Gasteiger partial charge in [0.1, 0.15) is 12.0 Å². The van der Waals surface area contributed by atoms with Gasteiger partial charge in [0.05, 0.1) is 12.1 Å². The van der Waals surface area contributed by atoms with Gasteiger partial charge in [-0.05, 0) is 31.0 Å². The lowest BCUT2D eigenvalue weighted by molar-refractivity contribution is 0.0696. The highest BCUT2D eigenvalue weighted by Gasteiger charge is 2.10.